The predicted molar refractivity (Wildman–Crippen MR) is 68.6 cm³/mol. The zero-order chi connectivity index (χ0) is 12.7. The lowest BCUT2D eigenvalue weighted by Crippen LogP contribution is -2.24. The van der Waals surface area contributed by atoms with Gasteiger partial charge in [-0.25, -0.2) is 4.99 Å². The van der Waals surface area contributed by atoms with Crippen molar-refractivity contribution in [1.82, 2.24) is 5.32 Å². The van der Waals surface area contributed by atoms with Gasteiger partial charge in [0.1, 0.15) is 0 Å². The highest BCUT2D eigenvalue weighted by atomic mass is 16.1. The van der Waals surface area contributed by atoms with Gasteiger partial charge in [0.2, 0.25) is 0 Å². The first kappa shape index (κ1) is 13.0. The Morgan fingerprint density at radius 3 is 2.82 bits per heavy atom. The van der Waals surface area contributed by atoms with Crippen LogP contribution in [0.2, 0.25) is 0 Å². The number of carbonyl (C=O) groups excluding carboxylic acids is 1. The molecule has 0 aliphatic rings. The van der Waals surface area contributed by atoms with Crippen LogP contribution in [0.3, 0.4) is 0 Å². The number of carbonyl (C=O) groups is 1. The second-order valence-corrected chi connectivity index (χ2v) is 3.70. The van der Waals surface area contributed by atoms with Gasteiger partial charge in [0.15, 0.2) is 5.96 Å². The van der Waals surface area contributed by atoms with E-state index in [9.17, 15) is 4.79 Å². The molecule has 92 valence electrons. The topological polar surface area (TPSA) is 93.5 Å². The van der Waals surface area contributed by atoms with Crippen molar-refractivity contribution in [3.05, 3.63) is 35.4 Å². The first-order valence-corrected chi connectivity index (χ1v) is 5.56. The summed E-state index contributed by atoms with van der Waals surface area (Å²) in [5, 5.41) is 2.82. The first-order valence-electron chi connectivity index (χ1n) is 5.56. The Labute approximate surface area is 101 Å². The number of aliphatic imine (C=N–C) groups is 1. The quantitative estimate of drug-likeness (QED) is 0.514. The molecule has 0 saturated heterocycles. The molecule has 0 fully saturated rings. The van der Waals surface area contributed by atoms with E-state index < -0.39 is 0 Å². The minimum Gasteiger partial charge on any atom is -0.370 e. The van der Waals surface area contributed by atoms with Crippen LogP contribution in [-0.4, -0.2) is 18.4 Å². The van der Waals surface area contributed by atoms with Gasteiger partial charge in [0, 0.05) is 12.1 Å². The number of guanidine groups is 1. The van der Waals surface area contributed by atoms with E-state index in [4.69, 9.17) is 11.5 Å². The molecule has 1 aromatic carbocycles. The third-order valence-corrected chi connectivity index (χ3v) is 2.17. The molecule has 1 rings (SSSR count). The molecule has 5 heteroatoms. The third-order valence-electron chi connectivity index (χ3n) is 2.17. The molecule has 0 heterocycles. The van der Waals surface area contributed by atoms with Crippen LogP contribution in [0.25, 0.3) is 0 Å². The Morgan fingerprint density at radius 2 is 2.18 bits per heavy atom. The molecule has 0 atom stereocenters. The molecule has 0 aliphatic heterocycles. The standard InChI is InChI=1S/C12H18N4O/c1-2-6-15-11(17)10-5-3-4-9(7-10)8-16-12(13)14/h3-5,7H,2,6,8H2,1H3,(H,15,17)(H4,13,14,16). The van der Waals surface area contributed by atoms with Gasteiger partial charge < -0.3 is 16.8 Å². The van der Waals surface area contributed by atoms with Crippen molar-refractivity contribution in [2.24, 2.45) is 16.5 Å². The van der Waals surface area contributed by atoms with E-state index in [0.29, 0.717) is 18.7 Å². The Morgan fingerprint density at radius 1 is 1.41 bits per heavy atom. The molecule has 5 nitrogen and oxygen atoms in total. The highest BCUT2D eigenvalue weighted by Crippen LogP contribution is 2.06. The van der Waals surface area contributed by atoms with Crippen molar-refractivity contribution in [2.45, 2.75) is 19.9 Å². The lowest BCUT2D eigenvalue weighted by molar-refractivity contribution is 0.0953. The second-order valence-electron chi connectivity index (χ2n) is 3.70. The number of hydrogen-bond donors (Lipinski definition) is 3. The summed E-state index contributed by atoms with van der Waals surface area (Å²) in [6, 6.07) is 7.25. The number of hydrogen-bond acceptors (Lipinski definition) is 2. The zero-order valence-corrected chi connectivity index (χ0v) is 9.94. The largest absolute Gasteiger partial charge is 0.370 e. The number of amides is 1. The van der Waals surface area contributed by atoms with Crippen LogP contribution in [-0.2, 0) is 6.54 Å². The van der Waals surface area contributed by atoms with Crippen LogP contribution >= 0.6 is 0 Å². The monoisotopic (exact) mass is 234 g/mol. The summed E-state index contributed by atoms with van der Waals surface area (Å²) in [5.41, 5.74) is 12.0. The van der Waals surface area contributed by atoms with E-state index >= 15 is 0 Å². The van der Waals surface area contributed by atoms with Crippen molar-refractivity contribution < 1.29 is 4.79 Å². The van der Waals surface area contributed by atoms with Gasteiger partial charge in [-0.15, -0.1) is 0 Å². The normalized spacial score (nSPS) is 9.71. The van der Waals surface area contributed by atoms with Crippen LogP contribution in [0, 0.1) is 0 Å². The summed E-state index contributed by atoms with van der Waals surface area (Å²) < 4.78 is 0. The fourth-order valence-corrected chi connectivity index (χ4v) is 1.33. The summed E-state index contributed by atoms with van der Waals surface area (Å²) in [5.74, 6) is -0.0239. The summed E-state index contributed by atoms with van der Waals surface area (Å²) in [7, 11) is 0. The van der Waals surface area contributed by atoms with E-state index in [1.807, 2.05) is 19.1 Å². The van der Waals surface area contributed by atoms with Gasteiger partial charge in [-0.05, 0) is 24.1 Å². The Bertz CT molecular complexity index is 411. The molecule has 0 aliphatic carbocycles. The van der Waals surface area contributed by atoms with E-state index in [0.717, 1.165) is 12.0 Å². The molecular formula is C12H18N4O. The minimum absolute atomic E-state index is 0.0471. The highest BCUT2D eigenvalue weighted by Gasteiger charge is 2.04. The van der Waals surface area contributed by atoms with Crippen LogP contribution < -0.4 is 16.8 Å². The molecule has 0 aromatic heterocycles. The second kappa shape index (κ2) is 6.52. The molecular weight excluding hydrogens is 216 g/mol. The van der Waals surface area contributed by atoms with Gasteiger partial charge in [0.25, 0.3) is 5.91 Å². The molecule has 0 bridgehead atoms. The zero-order valence-electron chi connectivity index (χ0n) is 9.94. The first-order chi connectivity index (χ1) is 8.13. The van der Waals surface area contributed by atoms with Crippen LogP contribution in [0.4, 0.5) is 0 Å². The maximum absolute atomic E-state index is 11.7. The highest BCUT2D eigenvalue weighted by molar-refractivity contribution is 5.94. The Hall–Kier alpha value is -2.04. The molecule has 1 amide bonds. The Kier molecular flexibility index (Phi) is 5.00. The van der Waals surface area contributed by atoms with Gasteiger partial charge in [-0.3, -0.25) is 4.79 Å². The number of nitrogens with two attached hydrogens (primary N) is 2. The summed E-state index contributed by atoms with van der Waals surface area (Å²) in [6.45, 7) is 3.07. The van der Waals surface area contributed by atoms with E-state index in [1.165, 1.54) is 0 Å². The molecule has 0 saturated carbocycles. The lowest BCUT2D eigenvalue weighted by Gasteiger charge is -2.05. The van der Waals surface area contributed by atoms with Crippen LogP contribution in [0.5, 0.6) is 0 Å². The SMILES string of the molecule is CCCNC(=O)c1cccc(CN=C(N)N)c1. The fraction of sp³-hybridized carbons (Fsp3) is 0.333. The smallest absolute Gasteiger partial charge is 0.251 e. The van der Waals surface area contributed by atoms with Crippen molar-refractivity contribution in [3.8, 4) is 0 Å². The van der Waals surface area contributed by atoms with Crippen molar-refractivity contribution in [2.75, 3.05) is 6.54 Å². The van der Waals surface area contributed by atoms with E-state index in [2.05, 4.69) is 10.3 Å². The predicted octanol–water partition coefficient (Wildman–Crippen LogP) is 0.600. The number of nitrogens with one attached hydrogen (secondary N) is 1. The average Bonchev–Trinajstić information content (AvgIpc) is 2.33. The molecule has 0 radical (unpaired) electrons. The van der Waals surface area contributed by atoms with Crippen molar-refractivity contribution >= 4 is 11.9 Å². The molecule has 5 N–H and O–H groups in total. The molecule has 1 aromatic rings. The lowest BCUT2D eigenvalue weighted by atomic mass is 10.1. The Balaban J connectivity index is 2.71. The average molecular weight is 234 g/mol. The summed E-state index contributed by atoms with van der Waals surface area (Å²) >= 11 is 0. The number of benzene rings is 1. The summed E-state index contributed by atoms with van der Waals surface area (Å²) in [4.78, 5) is 15.6. The van der Waals surface area contributed by atoms with E-state index in [-0.39, 0.29) is 11.9 Å². The third kappa shape index (κ3) is 4.55. The maximum atomic E-state index is 11.7. The molecule has 0 unspecified atom stereocenters. The van der Waals surface area contributed by atoms with Crippen LogP contribution in [0.1, 0.15) is 29.3 Å². The van der Waals surface area contributed by atoms with E-state index in [1.54, 1.807) is 12.1 Å². The summed E-state index contributed by atoms with van der Waals surface area (Å²) in [6.07, 6.45) is 0.916. The minimum atomic E-state index is -0.0709. The van der Waals surface area contributed by atoms with Gasteiger partial charge in [-0.1, -0.05) is 19.1 Å². The number of rotatable bonds is 5. The van der Waals surface area contributed by atoms with Crippen LogP contribution in [0.15, 0.2) is 29.3 Å². The van der Waals surface area contributed by atoms with Crippen molar-refractivity contribution in [1.29, 1.82) is 0 Å². The van der Waals surface area contributed by atoms with Gasteiger partial charge in [0.05, 0.1) is 6.54 Å². The number of nitrogens with zero attached hydrogens (tertiary/aromatic N) is 1. The fourth-order valence-electron chi connectivity index (χ4n) is 1.33. The molecule has 17 heavy (non-hydrogen) atoms. The van der Waals surface area contributed by atoms with Crippen molar-refractivity contribution in [3.63, 3.8) is 0 Å². The van der Waals surface area contributed by atoms with Gasteiger partial charge >= 0.3 is 0 Å². The molecule has 0 spiro atoms. The maximum Gasteiger partial charge on any atom is 0.251 e. The van der Waals surface area contributed by atoms with Gasteiger partial charge in [-0.2, -0.15) is 0 Å².